The van der Waals surface area contributed by atoms with E-state index in [4.69, 9.17) is 44.1 Å². The van der Waals surface area contributed by atoms with Crippen LogP contribution in [0.1, 0.15) is 17.7 Å². The van der Waals surface area contributed by atoms with E-state index in [-0.39, 0.29) is 5.82 Å². The molecule has 4 N–H and O–H groups in total. The smallest absolute Gasteiger partial charge is 0.475 e. The average molecular weight is 553 g/mol. The predicted octanol–water partition coefficient (Wildman–Crippen LogP) is 4.62. The van der Waals surface area contributed by atoms with Crippen LogP contribution in [-0.2, 0) is 11.2 Å². The first-order valence-electron chi connectivity index (χ1n) is 10.3. The molecule has 0 amide bonds. The Hall–Kier alpha value is -4.15. The van der Waals surface area contributed by atoms with Crippen LogP contribution in [0.15, 0.2) is 42.7 Å². The van der Waals surface area contributed by atoms with Gasteiger partial charge in [0.05, 0.1) is 16.3 Å². The zero-order chi connectivity index (χ0) is 27.2. The van der Waals surface area contributed by atoms with Gasteiger partial charge in [-0.25, -0.2) is 19.7 Å². The molecule has 10 nitrogen and oxygen atoms in total. The van der Waals surface area contributed by atoms with Gasteiger partial charge in [-0.2, -0.15) is 28.0 Å². The number of pyridine rings is 1. The van der Waals surface area contributed by atoms with E-state index in [1.54, 1.807) is 22.7 Å². The highest BCUT2D eigenvalue weighted by atomic mass is 35.5. The number of hydrogen-bond acceptors (Lipinski definition) is 8. The second-order valence-corrected chi connectivity index (χ2v) is 8.14. The summed E-state index contributed by atoms with van der Waals surface area (Å²) in [5.74, 6) is -1.95. The highest BCUT2D eigenvalue weighted by Gasteiger charge is 2.38. The number of halogens is 5. The van der Waals surface area contributed by atoms with Crippen LogP contribution in [0.25, 0.3) is 16.9 Å². The summed E-state index contributed by atoms with van der Waals surface area (Å²) < 4.78 is 33.4. The van der Waals surface area contributed by atoms with E-state index in [0.717, 1.165) is 17.7 Å². The topological polar surface area (TPSA) is 155 Å². The number of alkyl halides is 3. The van der Waals surface area contributed by atoms with Crippen LogP contribution in [-0.4, -0.2) is 48.4 Å². The summed E-state index contributed by atoms with van der Waals surface area (Å²) >= 11 is 12.3. The van der Waals surface area contributed by atoms with Crippen molar-refractivity contribution in [2.24, 2.45) is 0 Å². The monoisotopic (exact) mass is 552 g/mol. The van der Waals surface area contributed by atoms with E-state index in [9.17, 15) is 13.2 Å². The van der Waals surface area contributed by atoms with Gasteiger partial charge in [0, 0.05) is 28.9 Å². The molecule has 3 heterocycles. The van der Waals surface area contributed by atoms with Crippen molar-refractivity contribution < 1.29 is 23.1 Å². The van der Waals surface area contributed by atoms with Crippen molar-refractivity contribution in [1.29, 1.82) is 5.26 Å². The quantitative estimate of drug-likeness (QED) is 0.290. The number of aryl methyl sites for hydroxylation is 1. The number of anilines is 2. The van der Waals surface area contributed by atoms with E-state index in [2.05, 4.69) is 25.4 Å². The lowest BCUT2D eigenvalue weighted by atomic mass is 10.1. The van der Waals surface area contributed by atoms with Crippen molar-refractivity contribution in [3.05, 3.63) is 64.0 Å². The first-order valence-corrected chi connectivity index (χ1v) is 11.1. The molecule has 4 rings (SSSR count). The van der Waals surface area contributed by atoms with Gasteiger partial charge in [0.2, 0.25) is 5.95 Å². The number of aromatic nitrogens is 5. The van der Waals surface area contributed by atoms with Crippen LogP contribution >= 0.6 is 23.2 Å². The molecule has 0 radical (unpaired) electrons. The van der Waals surface area contributed by atoms with Gasteiger partial charge >= 0.3 is 12.1 Å². The molecule has 37 heavy (non-hydrogen) atoms. The van der Waals surface area contributed by atoms with Crippen molar-refractivity contribution >= 4 is 46.6 Å². The zero-order valence-corrected chi connectivity index (χ0v) is 20.2. The minimum Gasteiger partial charge on any atom is -0.475 e. The molecule has 0 aliphatic carbocycles. The number of hydrogen-bond donors (Lipinski definition) is 3. The summed E-state index contributed by atoms with van der Waals surface area (Å²) in [7, 11) is 0. The maximum atomic E-state index is 10.6. The maximum Gasteiger partial charge on any atom is 0.490 e. The molecule has 0 aliphatic heterocycles. The molecule has 192 valence electrons. The summed E-state index contributed by atoms with van der Waals surface area (Å²) in [5, 5.41) is 24.6. The number of nitrogens with one attached hydrogen (secondary N) is 1. The summed E-state index contributed by atoms with van der Waals surface area (Å²) in [6.45, 7) is 0.626. The predicted molar refractivity (Wildman–Crippen MR) is 130 cm³/mol. The number of carboxylic acid groups (broad SMARTS) is 1. The second kappa shape index (κ2) is 11.7. The molecule has 0 saturated carbocycles. The van der Waals surface area contributed by atoms with E-state index in [1.807, 2.05) is 24.3 Å². The van der Waals surface area contributed by atoms with Gasteiger partial charge in [0.1, 0.15) is 18.2 Å². The fourth-order valence-electron chi connectivity index (χ4n) is 3.00. The Balaban J connectivity index is 0.000000479. The minimum absolute atomic E-state index is 0.251. The number of carboxylic acids is 1. The zero-order valence-electron chi connectivity index (χ0n) is 18.7. The van der Waals surface area contributed by atoms with E-state index in [1.165, 1.54) is 6.33 Å². The van der Waals surface area contributed by atoms with Crippen molar-refractivity contribution in [3.8, 4) is 17.3 Å². The number of rotatable bonds is 6. The number of fused-ring (bicyclic) bond motifs is 1. The Morgan fingerprint density at radius 2 is 1.92 bits per heavy atom. The Morgan fingerprint density at radius 3 is 2.54 bits per heavy atom. The van der Waals surface area contributed by atoms with Crippen molar-refractivity contribution in [3.63, 3.8) is 0 Å². The first-order chi connectivity index (χ1) is 17.5. The third-order valence-corrected chi connectivity index (χ3v) is 5.26. The van der Waals surface area contributed by atoms with Gasteiger partial charge in [0.25, 0.3) is 0 Å². The van der Waals surface area contributed by atoms with Crippen LogP contribution < -0.4 is 11.1 Å². The molecule has 0 unspecified atom stereocenters. The number of nitrogens with two attached hydrogens (primary N) is 1. The molecule has 0 spiro atoms. The lowest BCUT2D eigenvalue weighted by Gasteiger charge is -2.10. The third kappa shape index (κ3) is 7.18. The first kappa shape index (κ1) is 27.4. The van der Waals surface area contributed by atoms with Gasteiger partial charge < -0.3 is 16.2 Å². The fraction of sp³-hybridized carbons (Fsp3) is 0.182. The lowest BCUT2D eigenvalue weighted by Crippen LogP contribution is -2.21. The van der Waals surface area contributed by atoms with E-state index in [0.29, 0.717) is 45.9 Å². The highest BCUT2D eigenvalue weighted by Crippen LogP contribution is 2.30. The molecule has 0 saturated heterocycles. The Labute approximate surface area is 217 Å². The molecule has 15 heteroatoms. The van der Waals surface area contributed by atoms with Gasteiger partial charge in [-0.1, -0.05) is 23.2 Å². The third-order valence-electron chi connectivity index (χ3n) is 4.71. The molecule has 0 bridgehead atoms. The number of nitrogen functional groups attached to an aromatic ring is 1. The Bertz CT molecular complexity index is 1470. The molecular weight excluding hydrogens is 536 g/mol. The van der Waals surface area contributed by atoms with Crippen molar-refractivity contribution in [2.75, 3.05) is 17.6 Å². The molecule has 4 aromatic rings. The number of carbonyl (C=O) groups is 1. The summed E-state index contributed by atoms with van der Waals surface area (Å²) in [4.78, 5) is 22.1. The van der Waals surface area contributed by atoms with Crippen LogP contribution in [0.4, 0.5) is 24.9 Å². The Morgan fingerprint density at radius 1 is 1.19 bits per heavy atom. The number of aliphatic carboxylic acids is 1. The lowest BCUT2D eigenvalue weighted by molar-refractivity contribution is -0.192. The van der Waals surface area contributed by atoms with Crippen LogP contribution in [0.5, 0.6) is 0 Å². The molecular formula is C22H17Cl2F3N8O2. The number of benzene rings is 1. The van der Waals surface area contributed by atoms with E-state index >= 15 is 0 Å². The van der Waals surface area contributed by atoms with Crippen LogP contribution in [0, 0.1) is 11.3 Å². The summed E-state index contributed by atoms with van der Waals surface area (Å²) in [6, 6.07) is 12.6. The number of nitrogens with zero attached hydrogens (tertiary/aromatic N) is 6. The van der Waals surface area contributed by atoms with Gasteiger partial charge in [0.15, 0.2) is 5.65 Å². The normalized spacial score (nSPS) is 10.9. The van der Waals surface area contributed by atoms with Gasteiger partial charge in [-0.15, -0.1) is 0 Å². The molecule has 0 fully saturated rings. The van der Waals surface area contributed by atoms with Gasteiger partial charge in [-0.05, 0) is 43.2 Å². The Kier molecular flexibility index (Phi) is 8.69. The van der Waals surface area contributed by atoms with Crippen molar-refractivity contribution in [1.82, 2.24) is 24.6 Å². The minimum atomic E-state index is -5.08. The maximum absolute atomic E-state index is 10.6. The van der Waals surface area contributed by atoms with Gasteiger partial charge in [-0.3, -0.25) is 0 Å². The highest BCUT2D eigenvalue weighted by molar-refractivity contribution is 6.36. The average Bonchev–Trinajstić information content (AvgIpc) is 3.30. The van der Waals surface area contributed by atoms with Crippen LogP contribution in [0.3, 0.4) is 0 Å². The standard InChI is InChI=1S/C20H16Cl2N8.C2HF3O2/c21-13-4-6-15(16(22)8-13)17-9-18-26-11-27-30(18)20(29-17)25-7-1-2-14-5-3-12(10-23)19(24)28-14;3-2(4,5)1(6)7/h3-6,8-9,11H,1-2,7H2,(H2,24,28)(H,25,29);(H,6,7). The van der Waals surface area contributed by atoms with E-state index < -0.39 is 12.1 Å². The number of nitriles is 1. The molecule has 1 aromatic carbocycles. The largest absolute Gasteiger partial charge is 0.490 e. The fourth-order valence-corrected chi connectivity index (χ4v) is 3.50. The van der Waals surface area contributed by atoms with Crippen molar-refractivity contribution in [2.45, 2.75) is 19.0 Å². The molecule has 0 atom stereocenters. The summed E-state index contributed by atoms with van der Waals surface area (Å²) in [5.41, 5.74) is 9.06. The molecule has 3 aromatic heterocycles. The SMILES string of the molecule is N#Cc1ccc(CCCNc2nc(-c3ccc(Cl)cc3Cl)cc3ncnn23)nc1N.O=C(O)C(F)(F)F. The second-order valence-electron chi connectivity index (χ2n) is 7.30. The van der Waals surface area contributed by atoms with Crippen LogP contribution in [0.2, 0.25) is 10.0 Å². The molecule has 0 aliphatic rings. The summed E-state index contributed by atoms with van der Waals surface area (Å²) in [6.07, 6.45) is -2.13.